The van der Waals surface area contributed by atoms with Crippen LogP contribution in [0.15, 0.2) is 78.9 Å². The number of halogens is 1. The molecule has 0 aliphatic carbocycles. The first-order chi connectivity index (χ1) is 17.0. The number of carbonyl (C=O) groups excluding carboxylic acids is 1. The van der Waals surface area contributed by atoms with E-state index in [4.69, 9.17) is 30.5 Å². The van der Waals surface area contributed by atoms with Gasteiger partial charge in [0.1, 0.15) is 0 Å². The second-order valence-electron chi connectivity index (χ2n) is 7.74. The van der Waals surface area contributed by atoms with E-state index in [1.807, 2.05) is 60.7 Å². The molecule has 4 rings (SSSR count). The van der Waals surface area contributed by atoms with Gasteiger partial charge in [-0.05, 0) is 70.8 Å². The fourth-order valence-corrected chi connectivity index (χ4v) is 4.07. The minimum Gasteiger partial charge on any atom is -0.493 e. The molecule has 0 spiro atoms. The number of ether oxygens (including phenoxy) is 4. The third kappa shape index (κ3) is 4.96. The molecule has 0 radical (unpaired) electrons. The molecular formula is C29H25ClO5. The average molecular weight is 489 g/mol. The zero-order valence-electron chi connectivity index (χ0n) is 19.9. The van der Waals surface area contributed by atoms with Gasteiger partial charge in [-0.2, -0.15) is 0 Å². The van der Waals surface area contributed by atoms with Crippen molar-refractivity contribution >= 4 is 17.4 Å². The molecule has 0 bridgehead atoms. The Kier molecular flexibility index (Phi) is 7.28. The molecule has 6 heteroatoms. The van der Waals surface area contributed by atoms with Gasteiger partial charge in [-0.3, -0.25) is 4.79 Å². The van der Waals surface area contributed by atoms with Gasteiger partial charge in [-0.1, -0.05) is 41.9 Å². The summed E-state index contributed by atoms with van der Waals surface area (Å²) in [5.74, 6) is 2.09. The summed E-state index contributed by atoms with van der Waals surface area (Å²) >= 11 is 6.07. The van der Waals surface area contributed by atoms with Crippen molar-refractivity contribution in [1.82, 2.24) is 0 Å². The molecule has 0 amide bonds. The van der Waals surface area contributed by atoms with Crippen LogP contribution in [-0.4, -0.2) is 34.2 Å². The fourth-order valence-electron chi connectivity index (χ4n) is 3.94. The molecule has 5 nitrogen and oxygen atoms in total. The Morgan fingerprint density at radius 2 is 1.11 bits per heavy atom. The van der Waals surface area contributed by atoms with Crippen molar-refractivity contribution in [3.63, 3.8) is 0 Å². The number of benzene rings is 4. The van der Waals surface area contributed by atoms with Crippen LogP contribution in [0.3, 0.4) is 0 Å². The third-order valence-corrected chi connectivity index (χ3v) is 6.03. The Balaban J connectivity index is 1.89. The summed E-state index contributed by atoms with van der Waals surface area (Å²) in [4.78, 5) is 13.9. The predicted molar refractivity (Wildman–Crippen MR) is 138 cm³/mol. The predicted octanol–water partition coefficient (Wildman–Crippen LogP) is 6.94. The highest BCUT2D eigenvalue weighted by Gasteiger charge is 2.19. The van der Waals surface area contributed by atoms with Crippen LogP contribution in [-0.2, 0) is 0 Å². The molecule has 0 aliphatic rings. The molecule has 178 valence electrons. The zero-order valence-corrected chi connectivity index (χ0v) is 20.7. The number of rotatable bonds is 8. The molecule has 0 fully saturated rings. The maximum absolute atomic E-state index is 13.9. The minimum absolute atomic E-state index is 0.147. The molecule has 4 aromatic carbocycles. The van der Waals surface area contributed by atoms with Gasteiger partial charge in [-0.25, -0.2) is 0 Å². The van der Waals surface area contributed by atoms with Gasteiger partial charge in [0.25, 0.3) is 0 Å². The lowest BCUT2D eigenvalue weighted by Crippen LogP contribution is -2.05. The maximum atomic E-state index is 13.9. The molecule has 0 aliphatic heterocycles. The molecule has 4 aromatic rings. The lowest BCUT2D eigenvalue weighted by Gasteiger charge is -2.15. The maximum Gasteiger partial charge on any atom is 0.193 e. The van der Waals surface area contributed by atoms with Crippen LogP contribution >= 0.6 is 11.6 Å². The van der Waals surface area contributed by atoms with Crippen molar-refractivity contribution in [2.45, 2.75) is 0 Å². The molecule has 0 unspecified atom stereocenters. The first kappa shape index (κ1) is 24.2. The lowest BCUT2D eigenvalue weighted by atomic mass is 9.90. The molecular weight excluding hydrogens is 464 g/mol. The Labute approximate surface area is 209 Å². The molecule has 0 N–H and O–H groups in total. The van der Waals surface area contributed by atoms with E-state index in [1.165, 1.54) is 0 Å². The number of hydrogen-bond acceptors (Lipinski definition) is 5. The van der Waals surface area contributed by atoms with Gasteiger partial charge in [0.2, 0.25) is 0 Å². The normalized spacial score (nSPS) is 10.5. The standard InChI is InChI=1S/C29H25ClO5/c1-32-25-13-8-20(16-27(25)34-3)23-12-7-19(18-5-10-22(30)11-6-18)15-24(23)29(31)21-9-14-26(33-2)28(17-21)35-4/h5-17H,1-4H3. The molecule has 0 saturated heterocycles. The van der Waals surface area contributed by atoms with Crippen molar-refractivity contribution in [2.75, 3.05) is 28.4 Å². The Morgan fingerprint density at radius 1 is 0.571 bits per heavy atom. The van der Waals surface area contributed by atoms with Crippen molar-refractivity contribution in [2.24, 2.45) is 0 Å². The van der Waals surface area contributed by atoms with E-state index in [0.717, 1.165) is 22.3 Å². The highest BCUT2D eigenvalue weighted by Crippen LogP contribution is 2.37. The number of hydrogen-bond donors (Lipinski definition) is 0. The smallest absolute Gasteiger partial charge is 0.193 e. The highest BCUT2D eigenvalue weighted by atomic mass is 35.5. The van der Waals surface area contributed by atoms with E-state index in [1.54, 1.807) is 46.6 Å². The second kappa shape index (κ2) is 10.5. The van der Waals surface area contributed by atoms with Crippen LogP contribution in [0.5, 0.6) is 23.0 Å². The molecule has 0 atom stereocenters. The summed E-state index contributed by atoms with van der Waals surface area (Å²) in [6, 6.07) is 24.1. The second-order valence-corrected chi connectivity index (χ2v) is 8.17. The zero-order chi connectivity index (χ0) is 24.9. The highest BCUT2D eigenvalue weighted by molar-refractivity contribution is 6.30. The van der Waals surface area contributed by atoms with Gasteiger partial charge >= 0.3 is 0 Å². The summed E-state index contributed by atoms with van der Waals surface area (Å²) in [6.07, 6.45) is 0. The molecule has 0 aromatic heterocycles. The summed E-state index contributed by atoms with van der Waals surface area (Å²) in [5.41, 5.74) is 4.47. The number of methoxy groups -OCH3 is 4. The average Bonchev–Trinajstić information content (AvgIpc) is 2.91. The molecule has 35 heavy (non-hydrogen) atoms. The van der Waals surface area contributed by atoms with Gasteiger partial charge in [-0.15, -0.1) is 0 Å². The van der Waals surface area contributed by atoms with Crippen molar-refractivity contribution in [3.8, 4) is 45.3 Å². The Hall–Kier alpha value is -3.96. The van der Waals surface area contributed by atoms with Crippen LogP contribution in [0.4, 0.5) is 0 Å². The van der Waals surface area contributed by atoms with Gasteiger partial charge < -0.3 is 18.9 Å². The largest absolute Gasteiger partial charge is 0.493 e. The van der Waals surface area contributed by atoms with E-state index in [2.05, 4.69) is 0 Å². The van der Waals surface area contributed by atoms with Crippen LogP contribution in [0, 0.1) is 0 Å². The van der Waals surface area contributed by atoms with Crippen LogP contribution < -0.4 is 18.9 Å². The van der Waals surface area contributed by atoms with Gasteiger partial charge in [0.05, 0.1) is 28.4 Å². The summed E-state index contributed by atoms with van der Waals surface area (Å²) in [6.45, 7) is 0. The third-order valence-electron chi connectivity index (χ3n) is 5.78. The Bertz CT molecular complexity index is 1360. The van der Waals surface area contributed by atoms with Gasteiger partial charge in [0, 0.05) is 16.1 Å². The number of carbonyl (C=O) groups is 1. The first-order valence-corrected chi connectivity index (χ1v) is 11.3. The quantitative estimate of drug-likeness (QED) is 0.251. The van der Waals surface area contributed by atoms with Crippen LogP contribution in [0.1, 0.15) is 15.9 Å². The summed E-state index contributed by atoms with van der Waals surface area (Å²) in [7, 11) is 6.28. The SMILES string of the molecule is COc1ccc(C(=O)c2cc(-c3ccc(Cl)cc3)ccc2-c2ccc(OC)c(OC)c2)cc1OC. The van der Waals surface area contributed by atoms with Crippen molar-refractivity contribution in [1.29, 1.82) is 0 Å². The minimum atomic E-state index is -0.147. The molecule has 0 heterocycles. The topological polar surface area (TPSA) is 54.0 Å². The molecule has 0 saturated carbocycles. The summed E-state index contributed by atoms with van der Waals surface area (Å²) < 4.78 is 21.6. The van der Waals surface area contributed by atoms with Crippen LogP contribution in [0.25, 0.3) is 22.3 Å². The van der Waals surface area contributed by atoms with E-state index in [9.17, 15) is 4.79 Å². The lowest BCUT2D eigenvalue weighted by molar-refractivity contribution is 0.103. The fraction of sp³-hybridized carbons (Fsp3) is 0.138. The van der Waals surface area contributed by atoms with Crippen molar-refractivity contribution in [3.05, 3.63) is 95.0 Å². The van der Waals surface area contributed by atoms with E-state index in [0.29, 0.717) is 39.1 Å². The monoisotopic (exact) mass is 488 g/mol. The van der Waals surface area contributed by atoms with E-state index >= 15 is 0 Å². The van der Waals surface area contributed by atoms with E-state index in [-0.39, 0.29) is 5.78 Å². The van der Waals surface area contributed by atoms with E-state index < -0.39 is 0 Å². The van der Waals surface area contributed by atoms with Gasteiger partial charge in [0.15, 0.2) is 28.8 Å². The first-order valence-electron chi connectivity index (χ1n) is 10.9. The summed E-state index contributed by atoms with van der Waals surface area (Å²) in [5, 5.41) is 0.650. The number of ketones is 1. The Morgan fingerprint density at radius 3 is 1.74 bits per heavy atom. The van der Waals surface area contributed by atoms with Crippen molar-refractivity contribution < 1.29 is 23.7 Å². The van der Waals surface area contributed by atoms with Crippen LogP contribution in [0.2, 0.25) is 5.02 Å².